The highest BCUT2D eigenvalue weighted by Crippen LogP contribution is 2.26. The topological polar surface area (TPSA) is 97.5 Å². The van der Waals surface area contributed by atoms with Crippen LogP contribution in [0.4, 0.5) is 4.39 Å². The molecule has 0 aliphatic heterocycles. The fraction of sp³-hybridized carbons (Fsp3) is 0. The molecule has 0 fully saturated rings. The molecule has 3 N–H and O–H groups in total. The first-order valence-electron chi connectivity index (χ1n) is 5.46. The number of hydrogen-bond acceptors (Lipinski definition) is 3. The summed E-state index contributed by atoms with van der Waals surface area (Å²) < 4.78 is 36.0. The summed E-state index contributed by atoms with van der Waals surface area (Å²) in [5.41, 5.74) is 0.544. The molecular formula is C13H10FNO4S. The van der Waals surface area contributed by atoms with Crippen LogP contribution in [0.2, 0.25) is 0 Å². The molecule has 0 amide bonds. The van der Waals surface area contributed by atoms with Gasteiger partial charge < -0.3 is 5.11 Å². The predicted octanol–water partition coefficient (Wildman–Crippen LogP) is 1.84. The fourth-order valence-electron chi connectivity index (χ4n) is 1.82. The third kappa shape index (κ3) is 2.68. The van der Waals surface area contributed by atoms with E-state index in [9.17, 15) is 17.6 Å². The number of hydrogen-bond donors (Lipinski definition) is 2. The Morgan fingerprint density at radius 1 is 1.15 bits per heavy atom. The summed E-state index contributed by atoms with van der Waals surface area (Å²) in [5, 5.41) is 13.9. The second-order valence-electron chi connectivity index (χ2n) is 4.04. The first kappa shape index (κ1) is 14.2. The van der Waals surface area contributed by atoms with Crippen molar-refractivity contribution >= 4 is 16.0 Å². The van der Waals surface area contributed by atoms with Crippen LogP contribution in [0.3, 0.4) is 0 Å². The molecule has 20 heavy (non-hydrogen) atoms. The van der Waals surface area contributed by atoms with Gasteiger partial charge >= 0.3 is 5.97 Å². The molecule has 2 rings (SSSR count). The van der Waals surface area contributed by atoms with Gasteiger partial charge in [0, 0.05) is 0 Å². The van der Waals surface area contributed by atoms with Crippen molar-refractivity contribution in [3.05, 3.63) is 53.8 Å². The van der Waals surface area contributed by atoms with E-state index in [1.165, 1.54) is 18.2 Å². The minimum atomic E-state index is -4.15. The molecule has 0 aliphatic rings. The lowest BCUT2D eigenvalue weighted by molar-refractivity contribution is 0.0697. The third-order valence-electron chi connectivity index (χ3n) is 2.71. The van der Waals surface area contributed by atoms with Gasteiger partial charge in [0.2, 0.25) is 10.0 Å². The number of rotatable bonds is 3. The molecule has 0 atom stereocenters. The standard InChI is InChI=1S/C13H10FNO4S/c14-11-7-8(5-6-12(11)20(15,18)19)9-3-1-2-4-10(9)13(16)17/h1-7H,(H,16,17)(H2,15,18,19). The van der Waals surface area contributed by atoms with Crippen LogP contribution in [0.5, 0.6) is 0 Å². The number of benzene rings is 2. The molecule has 0 aliphatic carbocycles. The van der Waals surface area contributed by atoms with Crippen molar-refractivity contribution in [2.24, 2.45) is 5.14 Å². The fourth-order valence-corrected chi connectivity index (χ4v) is 2.41. The lowest BCUT2D eigenvalue weighted by Crippen LogP contribution is -2.14. The Morgan fingerprint density at radius 3 is 2.35 bits per heavy atom. The molecule has 7 heteroatoms. The van der Waals surface area contributed by atoms with Gasteiger partial charge in [-0.05, 0) is 29.3 Å². The van der Waals surface area contributed by atoms with Crippen LogP contribution in [-0.2, 0) is 10.0 Å². The summed E-state index contributed by atoms with van der Waals surface area (Å²) in [4.78, 5) is 10.5. The Labute approximate surface area is 114 Å². The van der Waals surface area contributed by atoms with Crippen LogP contribution in [-0.4, -0.2) is 19.5 Å². The molecular weight excluding hydrogens is 285 g/mol. The largest absolute Gasteiger partial charge is 0.478 e. The molecule has 5 nitrogen and oxygen atoms in total. The third-order valence-corrected chi connectivity index (χ3v) is 3.65. The SMILES string of the molecule is NS(=O)(=O)c1ccc(-c2ccccc2C(=O)O)cc1F. The van der Waals surface area contributed by atoms with Crippen molar-refractivity contribution < 1.29 is 22.7 Å². The first-order valence-corrected chi connectivity index (χ1v) is 7.00. The zero-order valence-corrected chi connectivity index (χ0v) is 10.9. The van der Waals surface area contributed by atoms with Gasteiger partial charge in [-0.1, -0.05) is 24.3 Å². The van der Waals surface area contributed by atoms with E-state index in [-0.39, 0.29) is 11.1 Å². The summed E-state index contributed by atoms with van der Waals surface area (Å²) in [6, 6.07) is 9.30. The molecule has 0 saturated heterocycles. The van der Waals surface area contributed by atoms with E-state index in [1.54, 1.807) is 12.1 Å². The maximum atomic E-state index is 13.8. The maximum absolute atomic E-state index is 13.8. The number of primary sulfonamides is 1. The van der Waals surface area contributed by atoms with Crippen LogP contribution in [0.1, 0.15) is 10.4 Å². The average molecular weight is 295 g/mol. The molecule has 0 saturated carbocycles. The lowest BCUT2D eigenvalue weighted by Gasteiger charge is -2.08. The summed E-state index contributed by atoms with van der Waals surface area (Å²) >= 11 is 0. The van der Waals surface area contributed by atoms with Crippen molar-refractivity contribution in [3.8, 4) is 11.1 Å². The van der Waals surface area contributed by atoms with Gasteiger partial charge in [-0.2, -0.15) is 0 Å². The summed E-state index contributed by atoms with van der Waals surface area (Å²) in [7, 11) is -4.15. The molecule has 0 unspecified atom stereocenters. The van der Waals surface area contributed by atoms with Gasteiger partial charge in [0.05, 0.1) is 5.56 Å². The predicted molar refractivity (Wildman–Crippen MR) is 70.2 cm³/mol. The van der Waals surface area contributed by atoms with E-state index < -0.39 is 26.7 Å². The van der Waals surface area contributed by atoms with E-state index in [4.69, 9.17) is 10.2 Å². The van der Waals surface area contributed by atoms with E-state index in [0.29, 0.717) is 5.56 Å². The zero-order valence-electron chi connectivity index (χ0n) is 10.1. The van der Waals surface area contributed by atoms with Crippen LogP contribution in [0, 0.1) is 5.82 Å². The number of carboxylic acids is 1. The van der Waals surface area contributed by atoms with Gasteiger partial charge in [0.25, 0.3) is 0 Å². The summed E-state index contributed by atoms with van der Waals surface area (Å²) in [6.45, 7) is 0. The van der Waals surface area contributed by atoms with Crippen molar-refractivity contribution in [1.82, 2.24) is 0 Å². The Kier molecular flexibility index (Phi) is 3.56. The van der Waals surface area contributed by atoms with Crippen LogP contribution in [0.25, 0.3) is 11.1 Å². The van der Waals surface area contributed by atoms with Gasteiger partial charge in [-0.3, -0.25) is 0 Å². The number of nitrogens with two attached hydrogens (primary N) is 1. The second-order valence-corrected chi connectivity index (χ2v) is 5.57. The molecule has 0 heterocycles. The molecule has 104 valence electrons. The van der Waals surface area contributed by atoms with E-state index in [0.717, 1.165) is 12.1 Å². The monoisotopic (exact) mass is 295 g/mol. The Hall–Kier alpha value is -2.25. The minimum absolute atomic E-state index is 0.00439. The first-order chi connectivity index (χ1) is 9.30. The highest BCUT2D eigenvalue weighted by atomic mass is 32.2. The summed E-state index contributed by atoms with van der Waals surface area (Å²) in [6.07, 6.45) is 0. The Balaban J connectivity index is 2.62. The Morgan fingerprint density at radius 2 is 1.80 bits per heavy atom. The van der Waals surface area contributed by atoms with Crippen molar-refractivity contribution in [2.45, 2.75) is 4.90 Å². The van der Waals surface area contributed by atoms with Gasteiger partial charge in [0.1, 0.15) is 10.7 Å². The van der Waals surface area contributed by atoms with Crippen LogP contribution in [0.15, 0.2) is 47.4 Å². The second kappa shape index (κ2) is 5.03. The number of halogens is 1. The number of sulfonamides is 1. The average Bonchev–Trinajstić information content (AvgIpc) is 2.37. The normalized spacial score (nSPS) is 11.3. The number of aromatic carboxylic acids is 1. The summed E-state index contributed by atoms with van der Waals surface area (Å²) in [5.74, 6) is -2.18. The molecule has 2 aromatic rings. The maximum Gasteiger partial charge on any atom is 0.336 e. The lowest BCUT2D eigenvalue weighted by atomic mass is 10.00. The zero-order chi connectivity index (χ0) is 14.9. The number of carbonyl (C=O) groups is 1. The van der Waals surface area contributed by atoms with Gasteiger partial charge in [-0.25, -0.2) is 22.7 Å². The minimum Gasteiger partial charge on any atom is -0.478 e. The van der Waals surface area contributed by atoms with Gasteiger partial charge in [-0.15, -0.1) is 0 Å². The van der Waals surface area contributed by atoms with Crippen LogP contribution >= 0.6 is 0 Å². The molecule has 0 bridgehead atoms. The number of carboxylic acid groups (broad SMARTS) is 1. The van der Waals surface area contributed by atoms with E-state index in [2.05, 4.69) is 0 Å². The van der Waals surface area contributed by atoms with Crippen molar-refractivity contribution in [3.63, 3.8) is 0 Å². The highest BCUT2D eigenvalue weighted by Gasteiger charge is 2.17. The molecule has 2 aromatic carbocycles. The smallest absolute Gasteiger partial charge is 0.336 e. The molecule has 0 aromatic heterocycles. The quantitative estimate of drug-likeness (QED) is 0.902. The Bertz CT molecular complexity index is 787. The van der Waals surface area contributed by atoms with Gasteiger partial charge in [0.15, 0.2) is 0 Å². The highest BCUT2D eigenvalue weighted by molar-refractivity contribution is 7.89. The van der Waals surface area contributed by atoms with Crippen molar-refractivity contribution in [2.75, 3.05) is 0 Å². The molecule has 0 spiro atoms. The van der Waals surface area contributed by atoms with E-state index in [1.807, 2.05) is 0 Å². The van der Waals surface area contributed by atoms with Crippen LogP contribution < -0.4 is 5.14 Å². The van der Waals surface area contributed by atoms with E-state index >= 15 is 0 Å². The molecule has 0 radical (unpaired) electrons. The van der Waals surface area contributed by atoms with Crippen molar-refractivity contribution in [1.29, 1.82) is 0 Å².